The second-order valence-corrected chi connectivity index (χ2v) is 7.84. The molecular weight excluding hydrogens is 432 g/mol. The number of ether oxygens (including phenoxy) is 1. The minimum atomic E-state index is -0.500. The third kappa shape index (κ3) is 4.61. The highest BCUT2D eigenvalue weighted by molar-refractivity contribution is 6.37. The molecule has 0 aliphatic carbocycles. The van der Waals surface area contributed by atoms with E-state index < -0.39 is 12.0 Å². The molecule has 0 aromatic heterocycles. The number of urea groups is 1. The number of carbonyl (C=O) groups excluding carboxylic acids is 3. The number of esters is 1. The number of anilines is 2. The lowest BCUT2D eigenvalue weighted by molar-refractivity contribution is -0.110. The van der Waals surface area contributed by atoms with Crippen LogP contribution in [0.4, 0.5) is 16.2 Å². The van der Waals surface area contributed by atoms with Crippen molar-refractivity contribution in [2.45, 2.75) is 6.54 Å². The van der Waals surface area contributed by atoms with E-state index in [1.54, 1.807) is 25.2 Å². The van der Waals surface area contributed by atoms with Crippen LogP contribution < -0.4 is 16.4 Å². The summed E-state index contributed by atoms with van der Waals surface area (Å²) in [5, 5.41) is 6.23. The molecule has 0 unspecified atom stereocenters. The number of carbonyl (C=O) groups is 3. The molecule has 8 nitrogen and oxygen atoms in total. The molecule has 4 rings (SSSR count). The van der Waals surface area contributed by atoms with Gasteiger partial charge in [0.15, 0.2) is 0 Å². The Hall–Kier alpha value is -4.59. The Bertz CT molecular complexity index is 1280. The minimum absolute atomic E-state index is 0.275. The Morgan fingerprint density at radius 3 is 2.35 bits per heavy atom. The molecule has 0 atom stereocenters. The summed E-state index contributed by atoms with van der Waals surface area (Å²) < 4.78 is 4.79. The average Bonchev–Trinajstić information content (AvgIpc) is 3.18. The largest absolute Gasteiger partial charge is 0.465 e. The van der Waals surface area contributed by atoms with Crippen LogP contribution in [-0.4, -0.2) is 37.0 Å². The summed E-state index contributed by atoms with van der Waals surface area (Å²) in [6, 6.07) is 21.5. The Kier molecular flexibility index (Phi) is 6.31. The van der Waals surface area contributed by atoms with Crippen molar-refractivity contribution in [2.24, 2.45) is 5.73 Å². The summed E-state index contributed by atoms with van der Waals surface area (Å²) in [6.45, 7) is 0.389. The van der Waals surface area contributed by atoms with E-state index in [0.717, 1.165) is 16.8 Å². The molecule has 0 fully saturated rings. The molecule has 3 amide bonds. The fourth-order valence-electron chi connectivity index (χ4n) is 3.74. The number of nitrogens with one attached hydrogen (secondary N) is 2. The molecule has 1 heterocycles. The highest BCUT2D eigenvalue weighted by Gasteiger charge is 2.29. The van der Waals surface area contributed by atoms with Crippen molar-refractivity contribution in [3.05, 3.63) is 95.1 Å². The first-order valence-corrected chi connectivity index (χ1v) is 10.6. The molecule has 3 aromatic carbocycles. The number of primary amides is 1. The fraction of sp³-hybridized carbons (Fsp3) is 0.115. The van der Waals surface area contributed by atoms with E-state index in [9.17, 15) is 14.4 Å². The zero-order valence-electron chi connectivity index (χ0n) is 18.8. The summed E-state index contributed by atoms with van der Waals surface area (Å²) in [6.07, 6.45) is 0. The Balaban J connectivity index is 1.73. The molecule has 0 saturated carbocycles. The van der Waals surface area contributed by atoms with Gasteiger partial charge in [-0.25, -0.2) is 9.59 Å². The van der Waals surface area contributed by atoms with Crippen molar-refractivity contribution in [1.29, 1.82) is 0 Å². The second-order valence-electron chi connectivity index (χ2n) is 7.84. The Morgan fingerprint density at radius 2 is 1.71 bits per heavy atom. The molecular formula is C26H24N4O4. The van der Waals surface area contributed by atoms with Gasteiger partial charge in [0.2, 0.25) is 0 Å². The predicted octanol–water partition coefficient (Wildman–Crippen LogP) is 3.92. The van der Waals surface area contributed by atoms with Crippen molar-refractivity contribution in [2.75, 3.05) is 24.8 Å². The molecule has 4 N–H and O–H groups in total. The molecule has 0 bridgehead atoms. The minimum Gasteiger partial charge on any atom is -0.465 e. The summed E-state index contributed by atoms with van der Waals surface area (Å²) >= 11 is 0. The number of hydrogen-bond donors (Lipinski definition) is 3. The van der Waals surface area contributed by atoms with E-state index in [2.05, 4.69) is 10.6 Å². The molecule has 0 saturated heterocycles. The maximum absolute atomic E-state index is 13.1. The van der Waals surface area contributed by atoms with Gasteiger partial charge < -0.3 is 26.0 Å². The third-order valence-electron chi connectivity index (χ3n) is 5.52. The van der Waals surface area contributed by atoms with Crippen LogP contribution >= 0.6 is 0 Å². The lowest BCUT2D eigenvalue weighted by atomic mass is 9.99. The first-order valence-electron chi connectivity index (χ1n) is 10.6. The SMILES string of the molecule is COC(=O)c1ccc2c(c1)NC(=O)/C2=C(\Nc1ccc(CN(C)C(N)=O)cc1)c1ccccc1. The van der Waals surface area contributed by atoms with Gasteiger partial charge in [0.25, 0.3) is 5.91 Å². The van der Waals surface area contributed by atoms with Gasteiger partial charge in [0, 0.05) is 24.8 Å². The number of rotatable bonds is 6. The van der Waals surface area contributed by atoms with Crippen molar-refractivity contribution >= 4 is 40.6 Å². The van der Waals surface area contributed by atoms with Crippen LogP contribution in [0.25, 0.3) is 11.3 Å². The van der Waals surface area contributed by atoms with Gasteiger partial charge in [-0.15, -0.1) is 0 Å². The van der Waals surface area contributed by atoms with E-state index in [0.29, 0.717) is 34.6 Å². The van der Waals surface area contributed by atoms with Crippen LogP contribution in [0.5, 0.6) is 0 Å². The van der Waals surface area contributed by atoms with Gasteiger partial charge in [-0.1, -0.05) is 48.5 Å². The first kappa shape index (κ1) is 22.6. The van der Waals surface area contributed by atoms with Gasteiger partial charge in [-0.3, -0.25) is 4.79 Å². The van der Waals surface area contributed by atoms with Gasteiger partial charge in [-0.05, 0) is 35.4 Å². The smallest absolute Gasteiger partial charge is 0.337 e. The van der Waals surface area contributed by atoms with E-state index in [1.807, 2.05) is 54.6 Å². The topological polar surface area (TPSA) is 114 Å². The van der Waals surface area contributed by atoms with Crippen molar-refractivity contribution in [1.82, 2.24) is 4.90 Å². The number of hydrogen-bond acceptors (Lipinski definition) is 5. The number of methoxy groups -OCH3 is 1. The van der Waals surface area contributed by atoms with Gasteiger partial charge in [0.1, 0.15) is 0 Å². The third-order valence-corrected chi connectivity index (χ3v) is 5.52. The normalized spacial score (nSPS) is 13.5. The van der Waals surface area contributed by atoms with Gasteiger partial charge in [0.05, 0.1) is 29.6 Å². The van der Waals surface area contributed by atoms with Crippen molar-refractivity contribution in [3.8, 4) is 0 Å². The number of nitrogens with zero attached hydrogens (tertiary/aromatic N) is 1. The molecule has 1 aliphatic heterocycles. The van der Waals surface area contributed by atoms with Crippen LogP contribution in [0, 0.1) is 0 Å². The standard InChI is InChI=1S/C26H24N4O4/c1-30(26(27)33)15-16-8-11-19(12-9-16)28-23(17-6-4-3-5-7-17)22-20-13-10-18(25(32)34-2)14-21(20)29-24(22)31/h3-14,28H,15H2,1-2H3,(H2,27,33)(H,29,31)/b23-22-. The average molecular weight is 457 g/mol. The molecule has 3 aromatic rings. The molecule has 1 aliphatic rings. The Labute approximate surface area is 197 Å². The van der Waals surface area contributed by atoms with E-state index >= 15 is 0 Å². The lowest BCUT2D eigenvalue weighted by Crippen LogP contribution is -2.31. The number of fused-ring (bicyclic) bond motifs is 1. The van der Waals surface area contributed by atoms with Crippen molar-refractivity contribution in [3.63, 3.8) is 0 Å². The fourth-order valence-corrected chi connectivity index (χ4v) is 3.74. The van der Waals surface area contributed by atoms with Crippen LogP contribution in [-0.2, 0) is 16.1 Å². The lowest BCUT2D eigenvalue weighted by Gasteiger charge is -2.17. The molecule has 34 heavy (non-hydrogen) atoms. The molecule has 0 radical (unpaired) electrons. The van der Waals surface area contributed by atoms with E-state index in [4.69, 9.17) is 10.5 Å². The van der Waals surface area contributed by atoms with Gasteiger partial charge in [-0.2, -0.15) is 0 Å². The van der Waals surface area contributed by atoms with E-state index in [1.165, 1.54) is 12.0 Å². The highest BCUT2D eigenvalue weighted by atomic mass is 16.5. The monoisotopic (exact) mass is 456 g/mol. The van der Waals surface area contributed by atoms with Crippen LogP contribution in [0.2, 0.25) is 0 Å². The zero-order chi connectivity index (χ0) is 24.2. The van der Waals surface area contributed by atoms with Crippen LogP contribution in [0.1, 0.15) is 27.0 Å². The predicted molar refractivity (Wildman–Crippen MR) is 131 cm³/mol. The quantitative estimate of drug-likeness (QED) is 0.384. The summed E-state index contributed by atoms with van der Waals surface area (Å²) in [7, 11) is 2.95. The number of benzene rings is 3. The molecule has 172 valence electrons. The zero-order valence-corrected chi connectivity index (χ0v) is 18.8. The number of amides is 3. The van der Waals surface area contributed by atoms with Crippen molar-refractivity contribution < 1.29 is 19.1 Å². The maximum Gasteiger partial charge on any atom is 0.337 e. The molecule has 0 spiro atoms. The van der Waals surface area contributed by atoms with Crippen LogP contribution in [0.15, 0.2) is 72.8 Å². The van der Waals surface area contributed by atoms with E-state index in [-0.39, 0.29) is 5.91 Å². The Morgan fingerprint density at radius 1 is 1.00 bits per heavy atom. The molecule has 8 heteroatoms. The summed E-state index contributed by atoms with van der Waals surface area (Å²) in [5.41, 5.74) is 10.5. The maximum atomic E-state index is 13.1. The highest BCUT2D eigenvalue weighted by Crippen LogP contribution is 2.38. The first-order chi connectivity index (χ1) is 16.4. The summed E-state index contributed by atoms with van der Waals surface area (Å²) in [5.74, 6) is -0.749. The second kappa shape index (κ2) is 9.50. The number of nitrogens with two attached hydrogens (primary N) is 1. The van der Waals surface area contributed by atoms with Crippen LogP contribution in [0.3, 0.4) is 0 Å². The van der Waals surface area contributed by atoms with Gasteiger partial charge >= 0.3 is 12.0 Å². The summed E-state index contributed by atoms with van der Waals surface area (Å²) in [4.78, 5) is 37.7.